The molecular weight excluding hydrogens is 253 g/mol. The van der Waals surface area contributed by atoms with Crippen molar-refractivity contribution in [3.63, 3.8) is 0 Å². The molecule has 1 aromatic rings. The van der Waals surface area contributed by atoms with Gasteiger partial charge in [0.05, 0.1) is 12.7 Å². The number of likely N-dealkylation sites (tertiary alicyclic amines) is 1. The maximum Gasteiger partial charge on any atom is 0.406 e. The van der Waals surface area contributed by atoms with E-state index in [4.69, 9.17) is 9.63 Å². The van der Waals surface area contributed by atoms with Crippen LogP contribution >= 0.6 is 0 Å². The average molecular weight is 264 g/mol. The molecule has 0 radical (unpaired) electrons. The molecule has 2 rings (SSSR count). The van der Waals surface area contributed by atoms with Gasteiger partial charge in [-0.1, -0.05) is 5.16 Å². The summed E-state index contributed by atoms with van der Waals surface area (Å²) in [6.07, 6.45) is -3.81. The van der Waals surface area contributed by atoms with Gasteiger partial charge in [0.15, 0.2) is 11.2 Å². The van der Waals surface area contributed by atoms with E-state index in [-0.39, 0.29) is 13.1 Å². The number of carbonyl (C=O) groups is 1. The van der Waals surface area contributed by atoms with Gasteiger partial charge in [-0.25, -0.2) is 0 Å². The fourth-order valence-corrected chi connectivity index (χ4v) is 2.10. The first kappa shape index (κ1) is 12.9. The van der Waals surface area contributed by atoms with E-state index in [2.05, 4.69) is 5.16 Å². The zero-order chi connectivity index (χ0) is 13.4. The van der Waals surface area contributed by atoms with Crippen LogP contribution in [-0.4, -0.2) is 40.4 Å². The van der Waals surface area contributed by atoms with Crippen LogP contribution in [-0.2, 0) is 11.3 Å². The molecule has 1 N–H and O–H groups in total. The van der Waals surface area contributed by atoms with Gasteiger partial charge in [0.1, 0.15) is 0 Å². The fourth-order valence-electron chi connectivity index (χ4n) is 2.10. The molecule has 18 heavy (non-hydrogen) atoms. The molecule has 1 saturated heterocycles. The average Bonchev–Trinajstić information content (AvgIpc) is 2.86. The number of rotatable bonds is 3. The van der Waals surface area contributed by atoms with E-state index in [0.29, 0.717) is 5.76 Å². The third-order valence-electron chi connectivity index (χ3n) is 3.17. The van der Waals surface area contributed by atoms with Gasteiger partial charge in [-0.3, -0.25) is 9.69 Å². The lowest BCUT2D eigenvalue weighted by molar-refractivity contribution is -0.227. The van der Waals surface area contributed by atoms with Crippen LogP contribution in [0.25, 0.3) is 0 Å². The van der Waals surface area contributed by atoms with Crippen molar-refractivity contribution in [3.05, 3.63) is 18.0 Å². The Labute approximate surface area is 100 Å². The molecule has 0 saturated carbocycles. The molecule has 1 aromatic heterocycles. The van der Waals surface area contributed by atoms with Gasteiger partial charge >= 0.3 is 12.1 Å². The maximum absolute atomic E-state index is 12.9. The van der Waals surface area contributed by atoms with Crippen LogP contribution in [0.1, 0.15) is 12.2 Å². The van der Waals surface area contributed by atoms with Crippen molar-refractivity contribution in [2.75, 3.05) is 13.1 Å². The zero-order valence-electron chi connectivity index (χ0n) is 9.28. The molecule has 0 bridgehead atoms. The highest BCUT2D eigenvalue weighted by Crippen LogP contribution is 2.45. The van der Waals surface area contributed by atoms with E-state index >= 15 is 0 Å². The second kappa shape index (κ2) is 4.27. The highest BCUT2D eigenvalue weighted by atomic mass is 19.4. The molecule has 100 valence electrons. The number of aromatic nitrogens is 1. The van der Waals surface area contributed by atoms with Crippen LogP contribution < -0.4 is 0 Å². The Balaban J connectivity index is 2.12. The minimum Gasteiger partial charge on any atom is -0.481 e. The first-order valence-corrected chi connectivity index (χ1v) is 5.27. The maximum atomic E-state index is 12.9. The van der Waals surface area contributed by atoms with Crippen LogP contribution in [0.4, 0.5) is 13.2 Å². The number of halogens is 3. The van der Waals surface area contributed by atoms with Crippen LogP contribution in [0.5, 0.6) is 0 Å². The normalized spacial score (nSPS) is 25.5. The lowest BCUT2D eigenvalue weighted by Gasteiger charge is -2.27. The van der Waals surface area contributed by atoms with E-state index in [1.165, 1.54) is 17.2 Å². The van der Waals surface area contributed by atoms with Crippen molar-refractivity contribution in [1.29, 1.82) is 0 Å². The topological polar surface area (TPSA) is 66.6 Å². The lowest BCUT2D eigenvalue weighted by Crippen LogP contribution is -2.47. The third kappa shape index (κ3) is 2.07. The van der Waals surface area contributed by atoms with Gasteiger partial charge in [-0.05, 0) is 6.42 Å². The quantitative estimate of drug-likeness (QED) is 0.896. The van der Waals surface area contributed by atoms with E-state index in [0.717, 1.165) is 0 Å². The zero-order valence-corrected chi connectivity index (χ0v) is 9.28. The van der Waals surface area contributed by atoms with Crippen LogP contribution in [0, 0.1) is 5.41 Å². The van der Waals surface area contributed by atoms with E-state index in [1.807, 2.05) is 0 Å². The SMILES string of the molecule is O=C(O)C1(C(F)(F)F)CCN(Cc2ccno2)C1. The molecule has 1 atom stereocenters. The van der Waals surface area contributed by atoms with E-state index in [9.17, 15) is 18.0 Å². The first-order chi connectivity index (χ1) is 8.35. The van der Waals surface area contributed by atoms with Gasteiger partial charge in [0.25, 0.3) is 0 Å². The molecule has 1 aliphatic rings. The number of aliphatic carboxylic acids is 1. The second-order valence-corrected chi connectivity index (χ2v) is 4.32. The van der Waals surface area contributed by atoms with Crippen molar-refractivity contribution >= 4 is 5.97 Å². The Morgan fingerprint density at radius 2 is 2.33 bits per heavy atom. The molecule has 1 unspecified atom stereocenters. The number of hydrogen-bond acceptors (Lipinski definition) is 4. The highest BCUT2D eigenvalue weighted by molar-refractivity contribution is 5.76. The summed E-state index contributed by atoms with van der Waals surface area (Å²) in [5, 5.41) is 12.3. The summed E-state index contributed by atoms with van der Waals surface area (Å²) in [6.45, 7) is -0.371. The number of alkyl halides is 3. The largest absolute Gasteiger partial charge is 0.481 e. The Bertz CT molecular complexity index is 432. The molecular formula is C10H11F3N2O3. The predicted molar refractivity (Wildman–Crippen MR) is 52.5 cm³/mol. The smallest absolute Gasteiger partial charge is 0.406 e. The Hall–Kier alpha value is -1.57. The Morgan fingerprint density at radius 3 is 2.78 bits per heavy atom. The van der Waals surface area contributed by atoms with Gasteiger partial charge in [0, 0.05) is 19.2 Å². The molecule has 0 aromatic carbocycles. The molecule has 8 heteroatoms. The molecule has 5 nitrogen and oxygen atoms in total. The van der Waals surface area contributed by atoms with Crippen molar-refractivity contribution in [3.8, 4) is 0 Å². The van der Waals surface area contributed by atoms with Gasteiger partial charge in [0.2, 0.25) is 0 Å². The van der Waals surface area contributed by atoms with Crippen molar-refractivity contribution in [2.24, 2.45) is 5.41 Å². The van der Waals surface area contributed by atoms with E-state index in [1.54, 1.807) is 0 Å². The minimum absolute atomic E-state index is 0.0620. The highest BCUT2D eigenvalue weighted by Gasteiger charge is 2.63. The second-order valence-electron chi connectivity index (χ2n) is 4.32. The first-order valence-electron chi connectivity index (χ1n) is 5.27. The summed E-state index contributed by atoms with van der Waals surface area (Å²) in [5.74, 6) is -1.41. The summed E-state index contributed by atoms with van der Waals surface area (Å²) in [6, 6.07) is 1.54. The van der Waals surface area contributed by atoms with Crippen LogP contribution in [0.15, 0.2) is 16.8 Å². The molecule has 0 aliphatic carbocycles. The summed E-state index contributed by atoms with van der Waals surface area (Å²) >= 11 is 0. The van der Waals surface area contributed by atoms with Crippen molar-refractivity contribution < 1.29 is 27.6 Å². The third-order valence-corrected chi connectivity index (χ3v) is 3.17. The van der Waals surface area contributed by atoms with Crippen LogP contribution in [0.2, 0.25) is 0 Å². The van der Waals surface area contributed by atoms with Gasteiger partial charge in [-0.15, -0.1) is 0 Å². The molecule has 0 amide bonds. The molecule has 2 heterocycles. The minimum atomic E-state index is -4.75. The molecule has 1 fully saturated rings. The summed E-state index contributed by atoms with van der Waals surface area (Å²) < 4.78 is 43.4. The summed E-state index contributed by atoms with van der Waals surface area (Å²) in [4.78, 5) is 12.3. The lowest BCUT2D eigenvalue weighted by atomic mass is 9.86. The summed E-state index contributed by atoms with van der Waals surface area (Å²) in [7, 11) is 0. The van der Waals surface area contributed by atoms with Crippen molar-refractivity contribution in [2.45, 2.75) is 19.1 Å². The number of hydrogen-bond donors (Lipinski definition) is 1. The van der Waals surface area contributed by atoms with Gasteiger partial charge in [-0.2, -0.15) is 13.2 Å². The predicted octanol–water partition coefficient (Wildman–Crippen LogP) is 1.51. The van der Waals surface area contributed by atoms with Gasteiger partial charge < -0.3 is 9.63 Å². The number of carboxylic acid groups (broad SMARTS) is 1. The molecule has 0 spiro atoms. The van der Waals surface area contributed by atoms with Crippen LogP contribution in [0.3, 0.4) is 0 Å². The van der Waals surface area contributed by atoms with E-state index < -0.39 is 30.5 Å². The monoisotopic (exact) mass is 264 g/mol. The Morgan fingerprint density at radius 1 is 1.61 bits per heavy atom. The Kier molecular flexibility index (Phi) is 3.05. The fraction of sp³-hybridized carbons (Fsp3) is 0.600. The molecule has 1 aliphatic heterocycles. The summed E-state index contributed by atoms with van der Waals surface area (Å²) in [5.41, 5.74) is -2.67. The standard InChI is InChI=1S/C10H11F3N2O3/c11-10(12,13)9(8(16)17)2-4-15(6-9)5-7-1-3-14-18-7/h1,3H,2,4-6H2,(H,16,17). The number of nitrogens with zero attached hydrogens (tertiary/aromatic N) is 2. The number of carboxylic acids is 1. The van der Waals surface area contributed by atoms with Crippen molar-refractivity contribution in [1.82, 2.24) is 10.1 Å².